The maximum atomic E-state index is 4.47. The van der Waals surface area contributed by atoms with Crippen molar-refractivity contribution < 1.29 is 0 Å². The van der Waals surface area contributed by atoms with Crippen LogP contribution in [0.5, 0.6) is 0 Å². The molecule has 2 heteroatoms. The van der Waals surface area contributed by atoms with Crippen molar-refractivity contribution in [3.8, 4) is 0 Å². The van der Waals surface area contributed by atoms with Gasteiger partial charge in [-0.1, -0.05) is 36.9 Å². The van der Waals surface area contributed by atoms with Crippen LogP contribution in [0.1, 0.15) is 12.5 Å². The van der Waals surface area contributed by atoms with Crippen LogP contribution in [0.3, 0.4) is 0 Å². The standard InChI is InChI=1S/C17H20N2/c1-6-9-15-13(7-2)14-11-8-10-12(3)16(14)17(18-4)19(15)5/h6-11H,1H2,2-5H3/b13-7-,15-9+,18-17+. The molecule has 2 rings (SSSR count). The molecule has 0 aliphatic rings. The molecular formula is C17H20N2. The summed E-state index contributed by atoms with van der Waals surface area (Å²) in [5.41, 5.74) is 2.26. The largest absolute Gasteiger partial charge is 0.329 e. The number of aromatic nitrogens is 1. The summed E-state index contributed by atoms with van der Waals surface area (Å²) in [5, 5.41) is 4.83. The fraction of sp³-hybridized carbons (Fsp3) is 0.235. The second-order valence-corrected chi connectivity index (χ2v) is 4.59. The number of nitrogens with zero attached hydrogens (tertiary/aromatic N) is 2. The minimum Gasteiger partial charge on any atom is -0.329 e. The van der Waals surface area contributed by atoms with Gasteiger partial charge in [-0.15, -0.1) is 0 Å². The summed E-state index contributed by atoms with van der Waals surface area (Å²) in [6.45, 7) is 8.01. The first-order valence-electron chi connectivity index (χ1n) is 6.46. The van der Waals surface area contributed by atoms with Crippen molar-refractivity contribution in [2.75, 3.05) is 7.05 Å². The summed E-state index contributed by atoms with van der Waals surface area (Å²) in [6.07, 6.45) is 6.01. The lowest BCUT2D eigenvalue weighted by Gasteiger charge is -2.10. The zero-order valence-corrected chi connectivity index (χ0v) is 12.1. The van der Waals surface area contributed by atoms with E-state index < -0.39 is 0 Å². The Hall–Kier alpha value is -2.09. The number of fused-ring (bicyclic) bond motifs is 1. The number of benzene rings is 1. The van der Waals surface area contributed by atoms with Crippen LogP contribution in [0, 0.1) is 6.92 Å². The van der Waals surface area contributed by atoms with Gasteiger partial charge in [-0.25, -0.2) is 0 Å². The van der Waals surface area contributed by atoms with Gasteiger partial charge in [-0.05, 0) is 30.9 Å². The topological polar surface area (TPSA) is 17.3 Å². The summed E-state index contributed by atoms with van der Waals surface area (Å²) in [7, 11) is 3.89. The van der Waals surface area contributed by atoms with Crippen molar-refractivity contribution in [1.82, 2.24) is 4.57 Å². The highest BCUT2D eigenvalue weighted by Crippen LogP contribution is 2.09. The molecule has 2 nitrogen and oxygen atoms in total. The molecule has 0 bridgehead atoms. The van der Waals surface area contributed by atoms with Gasteiger partial charge < -0.3 is 4.57 Å². The fourth-order valence-electron chi connectivity index (χ4n) is 2.67. The van der Waals surface area contributed by atoms with Crippen molar-refractivity contribution in [2.45, 2.75) is 13.8 Å². The number of hydrogen-bond acceptors (Lipinski definition) is 1. The van der Waals surface area contributed by atoms with Gasteiger partial charge in [-0.3, -0.25) is 4.99 Å². The predicted octanol–water partition coefficient (Wildman–Crippen LogP) is 1.78. The van der Waals surface area contributed by atoms with Gasteiger partial charge in [0.05, 0.1) is 0 Å². The van der Waals surface area contributed by atoms with Crippen molar-refractivity contribution in [2.24, 2.45) is 12.0 Å². The third-order valence-electron chi connectivity index (χ3n) is 3.52. The number of allylic oxidation sites excluding steroid dienone is 1. The highest BCUT2D eigenvalue weighted by Gasteiger charge is 2.05. The van der Waals surface area contributed by atoms with Gasteiger partial charge in [0.1, 0.15) is 5.49 Å². The van der Waals surface area contributed by atoms with Crippen LogP contribution in [-0.2, 0) is 7.05 Å². The Labute approximate surface area is 113 Å². The fourth-order valence-corrected chi connectivity index (χ4v) is 2.67. The van der Waals surface area contributed by atoms with E-state index in [4.69, 9.17) is 0 Å². The highest BCUT2D eigenvalue weighted by atomic mass is 15.0. The second-order valence-electron chi connectivity index (χ2n) is 4.59. The monoisotopic (exact) mass is 252 g/mol. The van der Waals surface area contributed by atoms with E-state index in [9.17, 15) is 0 Å². The SMILES string of the molecule is C=C/C=c1\c(=C/C)c2cccc(C)c2/c(=N\C)n1C. The van der Waals surface area contributed by atoms with Gasteiger partial charge in [0, 0.05) is 30.0 Å². The van der Waals surface area contributed by atoms with E-state index in [1.165, 1.54) is 21.6 Å². The molecule has 0 saturated heterocycles. The third kappa shape index (κ3) is 2.03. The van der Waals surface area contributed by atoms with Gasteiger partial charge in [0.25, 0.3) is 0 Å². The molecule has 2 aromatic rings. The molecule has 0 N–H and O–H groups in total. The van der Waals surface area contributed by atoms with Crippen molar-refractivity contribution in [3.05, 3.63) is 52.5 Å². The lowest BCUT2D eigenvalue weighted by molar-refractivity contribution is 0.804. The first-order chi connectivity index (χ1) is 9.15. The molecule has 1 aromatic carbocycles. The van der Waals surface area contributed by atoms with Crippen LogP contribution in [0.4, 0.5) is 0 Å². The molecule has 1 heterocycles. The van der Waals surface area contributed by atoms with Crippen LogP contribution in [0.25, 0.3) is 22.9 Å². The van der Waals surface area contributed by atoms with Gasteiger partial charge >= 0.3 is 0 Å². The molecule has 0 unspecified atom stereocenters. The van der Waals surface area contributed by atoms with E-state index in [2.05, 4.69) is 61.3 Å². The zero-order valence-electron chi connectivity index (χ0n) is 12.1. The van der Waals surface area contributed by atoms with Gasteiger partial charge in [0.15, 0.2) is 0 Å². The summed E-state index contributed by atoms with van der Waals surface area (Å²) >= 11 is 0. The molecule has 0 spiro atoms. The Morgan fingerprint density at radius 1 is 1.32 bits per heavy atom. The van der Waals surface area contributed by atoms with Crippen molar-refractivity contribution >= 4 is 22.9 Å². The first-order valence-corrected chi connectivity index (χ1v) is 6.46. The first kappa shape index (κ1) is 13.3. The van der Waals surface area contributed by atoms with Gasteiger partial charge in [-0.2, -0.15) is 0 Å². The quantitative estimate of drug-likeness (QED) is 0.736. The number of aryl methyl sites for hydroxylation is 1. The molecule has 98 valence electrons. The third-order valence-corrected chi connectivity index (χ3v) is 3.52. The summed E-state index contributed by atoms with van der Waals surface area (Å²) in [6, 6.07) is 6.39. The van der Waals surface area contributed by atoms with E-state index in [1.807, 2.05) is 19.2 Å². The van der Waals surface area contributed by atoms with E-state index in [-0.39, 0.29) is 0 Å². The Morgan fingerprint density at radius 3 is 2.63 bits per heavy atom. The molecule has 1 aromatic heterocycles. The van der Waals surface area contributed by atoms with Crippen molar-refractivity contribution in [1.29, 1.82) is 0 Å². The average Bonchev–Trinajstić information content (AvgIpc) is 2.41. The molecule has 0 aliphatic carbocycles. The van der Waals surface area contributed by atoms with Crippen LogP contribution in [-0.4, -0.2) is 11.6 Å². The van der Waals surface area contributed by atoms with Gasteiger partial charge in [0.2, 0.25) is 0 Å². The summed E-state index contributed by atoms with van der Waals surface area (Å²) in [4.78, 5) is 4.47. The maximum absolute atomic E-state index is 4.47. The Balaban J connectivity index is 3.34. The van der Waals surface area contributed by atoms with Crippen LogP contribution in [0.15, 0.2) is 35.8 Å². The average molecular weight is 252 g/mol. The Morgan fingerprint density at radius 2 is 2.05 bits per heavy atom. The number of hydrogen-bond donors (Lipinski definition) is 0. The van der Waals surface area contributed by atoms with Crippen molar-refractivity contribution in [3.63, 3.8) is 0 Å². The minimum absolute atomic E-state index is 1.01. The molecule has 0 amide bonds. The van der Waals surface area contributed by atoms with Crippen LogP contribution < -0.4 is 16.1 Å². The molecule has 0 radical (unpaired) electrons. The maximum Gasteiger partial charge on any atom is 0.135 e. The summed E-state index contributed by atoms with van der Waals surface area (Å²) in [5.74, 6) is 0. The van der Waals surface area contributed by atoms with E-state index in [1.54, 1.807) is 0 Å². The molecule has 19 heavy (non-hydrogen) atoms. The zero-order chi connectivity index (χ0) is 14.0. The van der Waals surface area contributed by atoms with E-state index in [0.29, 0.717) is 0 Å². The Bertz CT molecular complexity index is 821. The molecular weight excluding hydrogens is 232 g/mol. The van der Waals surface area contributed by atoms with E-state index >= 15 is 0 Å². The van der Waals surface area contributed by atoms with Crippen LogP contribution >= 0.6 is 0 Å². The smallest absolute Gasteiger partial charge is 0.135 e. The predicted molar refractivity (Wildman–Crippen MR) is 83.2 cm³/mol. The molecule has 0 aliphatic heterocycles. The molecule has 0 fully saturated rings. The lowest BCUT2D eigenvalue weighted by Crippen LogP contribution is -2.42. The minimum atomic E-state index is 1.01. The number of pyridine rings is 1. The lowest BCUT2D eigenvalue weighted by atomic mass is 10.0. The number of rotatable bonds is 1. The molecule has 0 saturated carbocycles. The molecule has 0 atom stereocenters. The van der Waals surface area contributed by atoms with Crippen LogP contribution in [0.2, 0.25) is 0 Å². The highest BCUT2D eigenvalue weighted by molar-refractivity contribution is 5.85. The second kappa shape index (κ2) is 5.27. The summed E-state index contributed by atoms with van der Waals surface area (Å²) < 4.78 is 2.13. The normalized spacial score (nSPS) is 14.4. The van der Waals surface area contributed by atoms with E-state index in [0.717, 1.165) is 10.8 Å². The Kier molecular flexibility index (Phi) is 3.70.